The van der Waals surface area contributed by atoms with Crippen LogP contribution in [-0.2, 0) is 52.2 Å². The first-order valence-electron chi connectivity index (χ1n) is 35.3. The summed E-state index contributed by atoms with van der Waals surface area (Å²) in [4.78, 5) is 88.9. The summed E-state index contributed by atoms with van der Waals surface area (Å²) < 4.78 is 75.9. The van der Waals surface area contributed by atoms with E-state index >= 15 is 0 Å². The number of nitrogen functional groups attached to an aromatic ring is 1. The number of nitrogens with two attached hydrogens (primary N) is 2. The van der Waals surface area contributed by atoms with Crippen molar-refractivity contribution in [2.75, 3.05) is 25.6 Å². The molecule has 0 saturated carbocycles. The Morgan fingerprint density at radius 2 is 0.950 bits per heavy atom. The number of hydrogen-bond donors (Lipinski definition) is 7. The van der Waals surface area contributed by atoms with Gasteiger partial charge in [-0.05, 0) is 216 Å². The second-order valence-corrected chi connectivity index (χ2v) is 35.6. The van der Waals surface area contributed by atoms with Crippen molar-refractivity contribution in [3.63, 3.8) is 0 Å². The van der Waals surface area contributed by atoms with Gasteiger partial charge in [-0.1, -0.05) is 172 Å². The van der Waals surface area contributed by atoms with Crippen LogP contribution in [0.4, 0.5) is 5.69 Å². The van der Waals surface area contributed by atoms with E-state index in [0.717, 1.165) is 78.2 Å². The number of ketones is 1. The van der Waals surface area contributed by atoms with E-state index in [9.17, 15) is 50.2 Å². The van der Waals surface area contributed by atoms with Crippen LogP contribution in [0.1, 0.15) is 99.5 Å². The van der Waals surface area contributed by atoms with Crippen molar-refractivity contribution in [2.24, 2.45) is 5.73 Å². The molecule has 0 aliphatic heterocycles. The molecule has 5 aromatic heterocycles. The minimum absolute atomic E-state index is 0. The minimum atomic E-state index is -4.38. The molecule has 7 aromatic carbocycles. The number of nitriles is 3. The van der Waals surface area contributed by atoms with Gasteiger partial charge in [0.15, 0.2) is 10.9 Å². The molecule has 0 fully saturated rings. The Balaban J connectivity index is 0.000000474. The van der Waals surface area contributed by atoms with Gasteiger partial charge < -0.3 is 50.7 Å². The second kappa shape index (κ2) is 53.0. The van der Waals surface area contributed by atoms with Crippen LogP contribution in [0.5, 0.6) is 0 Å². The number of fused-ring (bicyclic) bond motifs is 2. The summed E-state index contributed by atoms with van der Waals surface area (Å²) in [6.07, 6.45) is 2.03. The smallest absolute Gasteiger partial charge is 0.812 e. The van der Waals surface area contributed by atoms with Gasteiger partial charge in [0.25, 0.3) is 5.56 Å². The van der Waals surface area contributed by atoms with E-state index in [1.807, 2.05) is 144 Å². The molecule has 0 radical (unpaired) electrons. The third-order valence-corrected chi connectivity index (χ3v) is 19.0. The molecule has 0 spiro atoms. The summed E-state index contributed by atoms with van der Waals surface area (Å²) in [7, 11) is -8.76. The summed E-state index contributed by atoms with van der Waals surface area (Å²) in [5, 5.41) is 29.0. The molecular weight excluding hydrogens is 1770 g/mol. The third-order valence-electron chi connectivity index (χ3n) is 15.5. The SMILES string of the molecule is C/C(=C/C#N)c1cccc(C)c1.CCOC(=O)C(N)C(=O)OCC.CCOC(=O)c1[nH]c(-c2cccc(C)c2)cc1N.Cc1ccc(S(=O)(=O)OS(=O)(=O)c2ccc(C)cc2)cc1.Cc1cccc(-c2cc3[nH]c(=O)[nH]c(=O)c3[nH]2)c1.Cc1cccc(-c2cc3nc(Cl)nc(Cl)c3[nH]2)c1.Cc1cccc(C(=O)CC#N)c1.Cl.N#C[O-].O=P(Cl)(Cl)Cl.[K+]. The van der Waals surface area contributed by atoms with Crippen molar-refractivity contribution in [3.05, 3.63) is 281 Å². The maximum atomic E-state index is 12.0. The normalized spacial score (nSPS) is 10.4. The van der Waals surface area contributed by atoms with Gasteiger partial charge in [-0.25, -0.2) is 34.4 Å². The van der Waals surface area contributed by atoms with E-state index in [2.05, 4.69) is 107 Å². The quantitative estimate of drug-likeness (QED) is 0.00451. The average Bonchev–Trinajstić information content (AvgIpc) is 1.78. The summed E-state index contributed by atoms with van der Waals surface area (Å²) >= 11 is 25.7. The Morgan fingerprint density at radius 3 is 1.36 bits per heavy atom. The Hall–Kier alpha value is -10.0. The number of benzene rings is 7. The Kier molecular flexibility index (Phi) is 46.9. The van der Waals surface area contributed by atoms with Crippen molar-refractivity contribution in [1.29, 1.82) is 15.8 Å². The average molecular weight is 1850 g/mol. The summed E-state index contributed by atoms with van der Waals surface area (Å²) in [5.74, 6) is -2.04. The molecule has 28 nitrogen and oxygen atoms in total. The number of ether oxygens (including phenoxy) is 3. The first kappa shape index (κ1) is 107. The fourth-order valence-electron chi connectivity index (χ4n) is 9.98. The molecule has 121 heavy (non-hydrogen) atoms. The molecule has 12 rings (SSSR count). The number of aromatic nitrogens is 7. The predicted octanol–water partition coefficient (Wildman–Crippen LogP) is 14.4. The number of aromatic amines is 5. The van der Waals surface area contributed by atoms with Gasteiger partial charge in [-0.3, -0.25) is 19.1 Å². The summed E-state index contributed by atoms with van der Waals surface area (Å²) in [6, 6.07) is 58.9. The van der Waals surface area contributed by atoms with Crippen LogP contribution in [0.25, 0.3) is 61.4 Å². The molecule has 0 aliphatic carbocycles. The van der Waals surface area contributed by atoms with E-state index < -0.39 is 60.6 Å². The zero-order valence-corrected chi connectivity index (χ0v) is 77.6. The molecule has 0 atom stereocenters. The van der Waals surface area contributed by atoms with Crippen LogP contribution in [0.3, 0.4) is 0 Å². The number of H-pyrrole nitrogens is 5. The number of rotatable bonds is 16. The number of halogens is 6. The van der Waals surface area contributed by atoms with Gasteiger partial charge in [0.05, 0.1) is 64.9 Å². The van der Waals surface area contributed by atoms with Gasteiger partial charge in [-0.15, -0.1) is 16.0 Å². The van der Waals surface area contributed by atoms with Crippen molar-refractivity contribution in [3.8, 4) is 52.2 Å². The number of aryl methyl sites for hydroxylation is 7. The number of anilines is 1. The van der Waals surface area contributed by atoms with Gasteiger partial charge in [0, 0.05) is 35.0 Å². The molecule has 0 aliphatic rings. The number of carbonyl (C=O) groups is 4. The van der Waals surface area contributed by atoms with E-state index in [0.29, 0.717) is 51.5 Å². The molecular formula is C83H84Cl6KN12O16PS2. The molecule has 12 aromatic rings. The summed E-state index contributed by atoms with van der Waals surface area (Å²) in [6.45, 7) is 21.3. The molecule has 9 N–H and O–H groups in total. The van der Waals surface area contributed by atoms with Crippen LogP contribution < -0.4 is 79.2 Å². The number of nitrogens with one attached hydrogen (secondary N) is 5. The minimum Gasteiger partial charge on any atom is -0.812 e. The van der Waals surface area contributed by atoms with Crippen molar-refractivity contribution in [1.82, 2.24) is 34.9 Å². The van der Waals surface area contributed by atoms with Crippen LogP contribution >= 0.6 is 74.5 Å². The van der Waals surface area contributed by atoms with E-state index in [1.54, 1.807) is 89.2 Å². The first-order chi connectivity index (χ1) is 56.1. The first-order valence-corrected chi connectivity index (χ1v) is 43.3. The number of carbonyl (C=O) groups excluding carboxylic acids is 4. The fourth-order valence-corrected chi connectivity index (χ4v) is 12.9. The Bertz CT molecular complexity index is 5980. The maximum Gasteiger partial charge on any atom is 1.00 e. The van der Waals surface area contributed by atoms with E-state index in [-0.39, 0.29) is 104 Å². The number of Topliss-reactive ketones (excluding diaryl/α,β-unsaturated/α-hetero) is 1. The Morgan fingerprint density at radius 1 is 0.554 bits per heavy atom. The van der Waals surface area contributed by atoms with Gasteiger partial charge in [0.1, 0.15) is 16.7 Å². The topological polar surface area (TPSA) is 476 Å². The number of nitrogens with zero attached hydrogens (tertiary/aromatic N) is 5. The number of allylic oxidation sites excluding steroid dienone is 2. The molecule has 0 unspecified atom stereocenters. The third kappa shape index (κ3) is 37.5. The zero-order valence-electron chi connectivity index (χ0n) is 67.4. The van der Waals surface area contributed by atoms with E-state index in [1.165, 1.54) is 35.4 Å². The van der Waals surface area contributed by atoms with Crippen LogP contribution in [-0.4, -0.2) is 101 Å². The maximum absolute atomic E-state index is 12.0. The standard InChI is InChI=1S/C14H16N2O2.C14H14O5S2.C13H9Cl2N3.C13H11N3O2.C11H11N.C10H9NO.C7H13NO4.CHNO.Cl3OP.ClH.K/c1-3-18-14(17)13-11(15)8-12(16-13)10-6-4-5-9(2)7-10;1-11-3-7-13(8-4-11)20(15,16)19-21(17,18)14-9-5-12(2)6-10-14;1-7-3-2-4-8(5-7)9-6-10-11(16-9)12(14)18-13(15)17-10;1-7-3-2-4-8(5-7)9-6-10-11(14-9)12(17)16-13(18)15-10;1-9-4-3-5-11(8-9)10(2)6-7-12;1-8-3-2-4-9(7-8)10(12)5-6-11;1-3-11-6(9)5(8)7(10)12-4-2;2-1-3;1-5(2,3)4;;/h4-8,16H,3,15H2,1-2H3;3-10H,1-2H3;2-6,16H,1H3;2-6,14H,1H3,(H2,15,16,17,18);3-6,8H,1-2H3;2-4,7H,5H2,1H3;5H,3-4,8H2,1-2H3;3H;;1H;/q;;;;;;;;;;+1/p-1/b;;;;10-6-;;;;;;. The summed E-state index contributed by atoms with van der Waals surface area (Å²) in [5.41, 5.74) is 29.0. The molecule has 5 heterocycles. The van der Waals surface area contributed by atoms with Crippen LogP contribution in [0.15, 0.2) is 214 Å². The molecule has 0 saturated heterocycles. The molecule has 38 heteroatoms. The van der Waals surface area contributed by atoms with Gasteiger partial charge in [-0.2, -0.15) is 27.4 Å². The van der Waals surface area contributed by atoms with Gasteiger partial charge in [0.2, 0.25) is 11.3 Å². The van der Waals surface area contributed by atoms with Crippen molar-refractivity contribution < 1.29 is 115 Å². The fraction of sp³-hybridized carbons (Fsp3) is 0.193. The van der Waals surface area contributed by atoms with E-state index in [4.69, 9.17) is 60.3 Å². The number of hydrogen-bond acceptors (Lipinski definition) is 23. The molecule has 0 bridgehead atoms. The monoisotopic (exact) mass is 1850 g/mol. The van der Waals surface area contributed by atoms with Crippen LogP contribution in [0, 0.1) is 82.6 Å². The second-order valence-electron chi connectivity index (χ2n) is 25.0. The van der Waals surface area contributed by atoms with Crippen molar-refractivity contribution in [2.45, 2.75) is 98.4 Å². The largest absolute Gasteiger partial charge is 1.00 e. The van der Waals surface area contributed by atoms with Gasteiger partial charge >= 0.3 is 100 Å². The predicted molar refractivity (Wildman–Crippen MR) is 468 cm³/mol. The Labute approximate surface area is 772 Å². The number of esters is 3. The zero-order chi connectivity index (χ0) is 88.9. The van der Waals surface area contributed by atoms with Crippen molar-refractivity contribution >= 4 is 152 Å². The molecule has 0 amide bonds. The van der Waals surface area contributed by atoms with Crippen LogP contribution in [0.2, 0.25) is 10.4 Å². The molecule has 632 valence electrons.